The third-order valence-electron chi connectivity index (χ3n) is 3.68. The van der Waals surface area contributed by atoms with Crippen molar-refractivity contribution in [1.29, 1.82) is 0 Å². The Labute approximate surface area is 147 Å². The summed E-state index contributed by atoms with van der Waals surface area (Å²) in [5.74, 6) is -0.185. The first-order chi connectivity index (χ1) is 12.2. The number of hydrogen-bond acceptors (Lipinski definition) is 7. The summed E-state index contributed by atoms with van der Waals surface area (Å²) >= 11 is 1.10. The van der Waals surface area contributed by atoms with Crippen LogP contribution in [0, 0.1) is 0 Å². The molecule has 3 aromatic rings. The molecule has 1 atom stereocenters. The SMILES string of the molecule is O=C1CC(Sc2nnc(-c3cccnc3)o2)C(=O)N1c1ccccc1. The number of amides is 2. The number of anilines is 1. The Morgan fingerprint density at radius 1 is 1.08 bits per heavy atom. The van der Waals surface area contributed by atoms with Crippen LogP contribution in [0.15, 0.2) is 64.5 Å². The van der Waals surface area contributed by atoms with E-state index in [0.717, 1.165) is 11.8 Å². The lowest BCUT2D eigenvalue weighted by Crippen LogP contribution is -2.30. The second kappa shape index (κ2) is 6.48. The van der Waals surface area contributed by atoms with Crippen LogP contribution in [0.2, 0.25) is 0 Å². The molecule has 7 nitrogen and oxygen atoms in total. The van der Waals surface area contributed by atoms with Crippen molar-refractivity contribution < 1.29 is 14.0 Å². The Hall–Kier alpha value is -3.00. The molecular weight excluding hydrogens is 340 g/mol. The summed E-state index contributed by atoms with van der Waals surface area (Å²) in [6, 6.07) is 12.4. The van der Waals surface area contributed by atoms with E-state index < -0.39 is 5.25 Å². The standard InChI is InChI=1S/C17H12N4O3S/c22-14-9-13(16(23)21(14)12-6-2-1-3-7-12)25-17-20-19-15(24-17)11-5-4-8-18-10-11/h1-8,10,13H,9H2. The zero-order valence-corrected chi connectivity index (χ0v) is 13.7. The van der Waals surface area contributed by atoms with Crippen molar-refractivity contribution in [2.24, 2.45) is 0 Å². The van der Waals surface area contributed by atoms with Crippen LogP contribution in [-0.4, -0.2) is 32.2 Å². The van der Waals surface area contributed by atoms with Gasteiger partial charge in [0.25, 0.3) is 5.22 Å². The Balaban J connectivity index is 1.52. The van der Waals surface area contributed by atoms with Crippen LogP contribution >= 0.6 is 11.8 Å². The predicted molar refractivity (Wildman–Crippen MR) is 90.7 cm³/mol. The van der Waals surface area contributed by atoms with Gasteiger partial charge in [-0.2, -0.15) is 0 Å². The predicted octanol–water partition coefficient (Wildman–Crippen LogP) is 2.56. The van der Waals surface area contributed by atoms with Gasteiger partial charge in [-0.05, 0) is 24.3 Å². The lowest BCUT2D eigenvalue weighted by Gasteiger charge is -2.13. The first kappa shape index (κ1) is 15.5. The molecule has 1 aliphatic rings. The molecule has 2 aromatic heterocycles. The highest BCUT2D eigenvalue weighted by atomic mass is 32.2. The molecular formula is C17H12N4O3S. The van der Waals surface area contributed by atoms with Crippen LogP contribution in [-0.2, 0) is 9.59 Å². The highest BCUT2D eigenvalue weighted by molar-refractivity contribution is 8.00. The van der Waals surface area contributed by atoms with Gasteiger partial charge in [0.1, 0.15) is 5.25 Å². The molecule has 0 spiro atoms. The smallest absolute Gasteiger partial charge is 0.277 e. The number of carbonyl (C=O) groups excluding carboxylic acids is 2. The van der Waals surface area contributed by atoms with Crippen LogP contribution in [0.3, 0.4) is 0 Å². The van der Waals surface area contributed by atoms with Crippen LogP contribution in [0.1, 0.15) is 6.42 Å². The fourth-order valence-corrected chi connectivity index (χ4v) is 3.42. The Morgan fingerprint density at radius 3 is 2.68 bits per heavy atom. The van der Waals surface area contributed by atoms with Crippen LogP contribution in [0.4, 0.5) is 5.69 Å². The number of benzene rings is 1. The largest absolute Gasteiger partial charge is 0.411 e. The topological polar surface area (TPSA) is 89.2 Å². The minimum Gasteiger partial charge on any atom is -0.411 e. The maximum atomic E-state index is 12.6. The lowest BCUT2D eigenvalue weighted by molar-refractivity contribution is -0.121. The summed E-state index contributed by atoms with van der Waals surface area (Å²) in [5.41, 5.74) is 1.27. The number of hydrogen-bond donors (Lipinski definition) is 0. The number of aromatic nitrogens is 3. The van der Waals surface area contributed by atoms with Crippen LogP contribution < -0.4 is 4.90 Å². The maximum Gasteiger partial charge on any atom is 0.277 e. The van der Waals surface area contributed by atoms with Crippen LogP contribution in [0.5, 0.6) is 0 Å². The van der Waals surface area contributed by atoms with E-state index in [-0.39, 0.29) is 23.5 Å². The van der Waals surface area contributed by atoms with Crippen molar-refractivity contribution in [2.75, 3.05) is 4.90 Å². The van der Waals surface area contributed by atoms with Gasteiger partial charge < -0.3 is 4.42 Å². The fraction of sp³-hybridized carbons (Fsp3) is 0.118. The fourth-order valence-electron chi connectivity index (χ4n) is 2.53. The molecule has 2 amide bonds. The molecule has 8 heteroatoms. The van der Waals surface area contributed by atoms with Gasteiger partial charge in [0.2, 0.25) is 17.7 Å². The lowest BCUT2D eigenvalue weighted by atomic mass is 10.3. The molecule has 1 saturated heterocycles. The quantitative estimate of drug-likeness (QED) is 0.667. The second-order valence-corrected chi connectivity index (χ2v) is 6.48. The highest BCUT2D eigenvalue weighted by Gasteiger charge is 2.41. The van der Waals surface area contributed by atoms with Gasteiger partial charge in [-0.3, -0.25) is 14.6 Å². The van der Waals surface area contributed by atoms with Gasteiger partial charge in [0, 0.05) is 18.8 Å². The summed E-state index contributed by atoms with van der Waals surface area (Å²) in [7, 11) is 0. The summed E-state index contributed by atoms with van der Waals surface area (Å²) in [6.07, 6.45) is 3.36. The number of nitrogens with zero attached hydrogens (tertiary/aromatic N) is 4. The molecule has 1 aliphatic heterocycles. The van der Waals surface area contributed by atoms with Crippen molar-refractivity contribution in [2.45, 2.75) is 16.9 Å². The van der Waals surface area contributed by atoms with Crippen LogP contribution in [0.25, 0.3) is 11.5 Å². The van der Waals surface area contributed by atoms with E-state index in [1.165, 1.54) is 4.90 Å². The first-order valence-corrected chi connectivity index (χ1v) is 8.43. The van der Waals surface area contributed by atoms with Gasteiger partial charge in [0.15, 0.2) is 0 Å². The van der Waals surface area contributed by atoms with E-state index in [2.05, 4.69) is 15.2 Å². The van der Waals surface area contributed by atoms with Crippen molar-refractivity contribution in [3.63, 3.8) is 0 Å². The molecule has 4 rings (SSSR count). The summed E-state index contributed by atoms with van der Waals surface area (Å²) in [6.45, 7) is 0. The molecule has 124 valence electrons. The number of rotatable bonds is 4. The second-order valence-electron chi connectivity index (χ2n) is 5.33. The normalized spacial score (nSPS) is 17.3. The summed E-state index contributed by atoms with van der Waals surface area (Å²) in [4.78, 5) is 30.0. The van der Waals surface area contributed by atoms with E-state index in [1.54, 1.807) is 48.8 Å². The molecule has 0 aliphatic carbocycles. The van der Waals surface area contributed by atoms with E-state index in [1.807, 2.05) is 6.07 Å². The van der Waals surface area contributed by atoms with Crippen molar-refractivity contribution in [3.8, 4) is 11.5 Å². The average molecular weight is 352 g/mol. The van der Waals surface area contributed by atoms with E-state index in [0.29, 0.717) is 17.1 Å². The Morgan fingerprint density at radius 2 is 1.92 bits per heavy atom. The van der Waals surface area contributed by atoms with Crippen molar-refractivity contribution >= 4 is 29.3 Å². The monoisotopic (exact) mass is 352 g/mol. The van der Waals surface area contributed by atoms with Crippen molar-refractivity contribution in [3.05, 3.63) is 54.9 Å². The molecule has 0 saturated carbocycles. The first-order valence-electron chi connectivity index (χ1n) is 7.55. The molecule has 25 heavy (non-hydrogen) atoms. The maximum absolute atomic E-state index is 12.6. The molecule has 0 bridgehead atoms. The molecule has 0 N–H and O–H groups in total. The van der Waals surface area contributed by atoms with E-state index in [9.17, 15) is 9.59 Å². The zero-order valence-electron chi connectivity index (χ0n) is 12.9. The van der Waals surface area contributed by atoms with Crippen molar-refractivity contribution in [1.82, 2.24) is 15.2 Å². The van der Waals surface area contributed by atoms with E-state index >= 15 is 0 Å². The minimum atomic E-state index is -0.574. The molecule has 1 fully saturated rings. The molecule has 0 radical (unpaired) electrons. The third-order valence-corrected chi connectivity index (χ3v) is 4.70. The van der Waals surface area contributed by atoms with Gasteiger partial charge in [-0.15, -0.1) is 10.2 Å². The molecule has 1 aromatic carbocycles. The van der Waals surface area contributed by atoms with Gasteiger partial charge >= 0.3 is 0 Å². The average Bonchev–Trinajstić information content (AvgIpc) is 3.22. The third kappa shape index (κ3) is 3.03. The number of imide groups is 1. The zero-order chi connectivity index (χ0) is 17.2. The van der Waals surface area contributed by atoms with E-state index in [4.69, 9.17) is 4.42 Å². The minimum absolute atomic E-state index is 0.100. The molecule has 3 heterocycles. The highest BCUT2D eigenvalue weighted by Crippen LogP contribution is 2.34. The number of pyridine rings is 1. The Bertz CT molecular complexity index is 914. The Kier molecular flexibility index (Phi) is 4.02. The summed E-state index contributed by atoms with van der Waals surface area (Å²) in [5, 5.41) is 7.59. The number of para-hydroxylation sites is 1. The van der Waals surface area contributed by atoms with Gasteiger partial charge in [0.05, 0.1) is 11.3 Å². The van der Waals surface area contributed by atoms with Gasteiger partial charge in [-0.25, -0.2) is 4.90 Å². The summed E-state index contributed by atoms with van der Waals surface area (Å²) < 4.78 is 5.57. The number of carbonyl (C=O) groups is 2. The van der Waals surface area contributed by atoms with Gasteiger partial charge in [-0.1, -0.05) is 30.0 Å². The molecule has 1 unspecified atom stereocenters. The number of thioether (sulfide) groups is 1.